The standard InChI is InChI=1S/C14H19FN2O/c1-14(2,9-16)10-17(3)8-11-7-12(15)5-6-13(11)18-4/h5-7H,8,10H2,1-4H3. The summed E-state index contributed by atoms with van der Waals surface area (Å²) < 4.78 is 18.4. The first-order valence-electron chi connectivity index (χ1n) is 5.80. The van der Waals surface area contributed by atoms with Crippen molar-refractivity contribution in [2.45, 2.75) is 20.4 Å². The molecule has 0 bridgehead atoms. The van der Waals surface area contributed by atoms with E-state index < -0.39 is 5.41 Å². The topological polar surface area (TPSA) is 36.3 Å². The van der Waals surface area contributed by atoms with Gasteiger partial charge in [0.15, 0.2) is 0 Å². The molecule has 0 saturated heterocycles. The number of hydrogen-bond acceptors (Lipinski definition) is 3. The maximum absolute atomic E-state index is 13.2. The van der Waals surface area contributed by atoms with Crippen molar-refractivity contribution < 1.29 is 9.13 Å². The lowest BCUT2D eigenvalue weighted by atomic mass is 9.95. The molecule has 1 rings (SSSR count). The van der Waals surface area contributed by atoms with E-state index in [9.17, 15) is 4.39 Å². The molecule has 4 heteroatoms. The Labute approximate surface area is 108 Å². The van der Waals surface area contributed by atoms with Gasteiger partial charge >= 0.3 is 0 Å². The van der Waals surface area contributed by atoms with E-state index in [1.807, 2.05) is 25.8 Å². The first-order valence-corrected chi connectivity index (χ1v) is 5.80. The summed E-state index contributed by atoms with van der Waals surface area (Å²) in [5.74, 6) is 0.386. The minimum absolute atomic E-state index is 0.279. The van der Waals surface area contributed by atoms with Gasteiger partial charge in [-0.05, 0) is 39.1 Å². The number of rotatable bonds is 5. The average Bonchev–Trinajstić information content (AvgIpc) is 2.28. The second kappa shape index (κ2) is 5.83. The van der Waals surface area contributed by atoms with E-state index in [0.717, 1.165) is 5.56 Å². The molecule has 18 heavy (non-hydrogen) atoms. The second-order valence-electron chi connectivity index (χ2n) is 5.12. The first kappa shape index (κ1) is 14.5. The van der Waals surface area contributed by atoms with Gasteiger partial charge in [0.05, 0.1) is 18.6 Å². The van der Waals surface area contributed by atoms with Crippen LogP contribution in [-0.2, 0) is 6.54 Å². The Morgan fingerprint density at radius 2 is 2.11 bits per heavy atom. The molecule has 1 aromatic rings. The SMILES string of the molecule is COc1ccc(F)cc1CN(C)CC(C)(C)C#N. The van der Waals surface area contributed by atoms with Crippen molar-refractivity contribution in [3.63, 3.8) is 0 Å². The van der Waals surface area contributed by atoms with Crippen LogP contribution < -0.4 is 4.74 Å². The Bertz CT molecular complexity index is 452. The van der Waals surface area contributed by atoms with E-state index in [0.29, 0.717) is 18.8 Å². The minimum Gasteiger partial charge on any atom is -0.496 e. The molecule has 0 atom stereocenters. The molecular weight excluding hydrogens is 231 g/mol. The summed E-state index contributed by atoms with van der Waals surface area (Å²) in [5.41, 5.74) is 0.365. The summed E-state index contributed by atoms with van der Waals surface area (Å²) in [5, 5.41) is 8.99. The van der Waals surface area contributed by atoms with E-state index in [2.05, 4.69) is 6.07 Å². The zero-order valence-electron chi connectivity index (χ0n) is 11.3. The lowest BCUT2D eigenvalue weighted by Crippen LogP contribution is -2.30. The Morgan fingerprint density at radius 1 is 1.44 bits per heavy atom. The maximum Gasteiger partial charge on any atom is 0.123 e. The molecule has 0 unspecified atom stereocenters. The molecule has 0 heterocycles. The molecule has 3 nitrogen and oxygen atoms in total. The normalized spacial score (nSPS) is 11.4. The van der Waals surface area contributed by atoms with Gasteiger partial charge in [0.1, 0.15) is 11.6 Å². The molecule has 0 fully saturated rings. The smallest absolute Gasteiger partial charge is 0.123 e. The zero-order valence-corrected chi connectivity index (χ0v) is 11.3. The van der Waals surface area contributed by atoms with Crippen molar-refractivity contribution in [1.29, 1.82) is 5.26 Å². The van der Waals surface area contributed by atoms with Crippen molar-refractivity contribution in [1.82, 2.24) is 4.90 Å². The fourth-order valence-electron chi connectivity index (χ4n) is 1.93. The molecule has 0 aliphatic carbocycles. The lowest BCUT2D eigenvalue weighted by molar-refractivity contribution is 0.245. The molecule has 0 saturated carbocycles. The third kappa shape index (κ3) is 4.01. The van der Waals surface area contributed by atoms with Gasteiger partial charge in [0.25, 0.3) is 0 Å². The molecule has 98 valence electrons. The number of nitrogens with zero attached hydrogens (tertiary/aromatic N) is 2. The molecule has 0 aliphatic heterocycles. The highest BCUT2D eigenvalue weighted by Crippen LogP contribution is 2.22. The summed E-state index contributed by atoms with van der Waals surface area (Å²) >= 11 is 0. The van der Waals surface area contributed by atoms with Crippen molar-refractivity contribution >= 4 is 0 Å². The summed E-state index contributed by atoms with van der Waals surface area (Å²) in [6.07, 6.45) is 0. The van der Waals surface area contributed by atoms with Gasteiger partial charge in [-0.2, -0.15) is 5.26 Å². The predicted octanol–water partition coefficient (Wildman–Crippen LogP) is 2.82. The molecule has 0 radical (unpaired) electrons. The summed E-state index contributed by atoms with van der Waals surface area (Å²) in [6, 6.07) is 6.71. The Balaban J connectivity index is 2.79. The quantitative estimate of drug-likeness (QED) is 0.806. The summed E-state index contributed by atoms with van der Waals surface area (Å²) in [4.78, 5) is 1.99. The molecule has 0 spiro atoms. The van der Waals surface area contributed by atoms with Crippen LogP contribution >= 0.6 is 0 Å². The second-order valence-corrected chi connectivity index (χ2v) is 5.12. The van der Waals surface area contributed by atoms with E-state index >= 15 is 0 Å². The molecule has 0 aromatic heterocycles. The Kier molecular flexibility index (Phi) is 4.69. The highest BCUT2D eigenvalue weighted by molar-refractivity contribution is 5.33. The van der Waals surface area contributed by atoms with Crippen LogP contribution in [0.1, 0.15) is 19.4 Å². The van der Waals surface area contributed by atoms with Crippen molar-refractivity contribution in [2.75, 3.05) is 20.7 Å². The van der Waals surface area contributed by atoms with Gasteiger partial charge in [-0.15, -0.1) is 0 Å². The lowest BCUT2D eigenvalue weighted by Gasteiger charge is -2.24. The first-order chi connectivity index (χ1) is 8.38. The summed E-state index contributed by atoms with van der Waals surface area (Å²) in [7, 11) is 3.47. The highest BCUT2D eigenvalue weighted by atomic mass is 19.1. The van der Waals surface area contributed by atoms with E-state index in [1.165, 1.54) is 12.1 Å². The summed E-state index contributed by atoms with van der Waals surface area (Å²) in [6.45, 7) is 4.92. The van der Waals surface area contributed by atoms with Gasteiger partial charge in [0, 0.05) is 18.7 Å². The molecule has 0 N–H and O–H groups in total. The number of ether oxygens (including phenoxy) is 1. The molecule has 0 amide bonds. The molecule has 0 aliphatic rings. The minimum atomic E-state index is -0.421. The van der Waals surface area contributed by atoms with Crippen LogP contribution in [0.25, 0.3) is 0 Å². The van der Waals surface area contributed by atoms with Crippen LogP contribution in [0.4, 0.5) is 4.39 Å². The Morgan fingerprint density at radius 3 is 2.67 bits per heavy atom. The maximum atomic E-state index is 13.2. The number of halogens is 1. The van der Waals surface area contributed by atoms with Crippen LogP contribution in [0.15, 0.2) is 18.2 Å². The van der Waals surface area contributed by atoms with Crippen LogP contribution in [0.2, 0.25) is 0 Å². The van der Waals surface area contributed by atoms with E-state index in [4.69, 9.17) is 10.00 Å². The van der Waals surface area contributed by atoms with Crippen molar-refractivity contribution in [2.24, 2.45) is 5.41 Å². The average molecular weight is 250 g/mol. The van der Waals surface area contributed by atoms with Gasteiger partial charge in [-0.3, -0.25) is 0 Å². The monoisotopic (exact) mass is 250 g/mol. The number of hydrogen-bond donors (Lipinski definition) is 0. The Hall–Kier alpha value is -1.60. The van der Waals surface area contributed by atoms with Gasteiger partial charge in [0.2, 0.25) is 0 Å². The molecular formula is C14H19FN2O. The number of benzene rings is 1. The molecule has 1 aromatic carbocycles. The number of nitriles is 1. The fraction of sp³-hybridized carbons (Fsp3) is 0.500. The van der Waals surface area contributed by atoms with Crippen molar-refractivity contribution in [3.05, 3.63) is 29.6 Å². The fourth-order valence-corrected chi connectivity index (χ4v) is 1.93. The number of methoxy groups -OCH3 is 1. The van der Waals surface area contributed by atoms with E-state index in [1.54, 1.807) is 13.2 Å². The zero-order chi connectivity index (χ0) is 13.8. The third-order valence-corrected chi connectivity index (χ3v) is 2.65. The predicted molar refractivity (Wildman–Crippen MR) is 68.7 cm³/mol. The van der Waals surface area contributed by atoms with Gasteiger partial charge < -0.3 is 9.64 Å². The van der Waals surface area contributed by atoms with Crippen LogP contribution in [0.3, 0.4) is 0 Å². The van der Waals surface area contributed by atoms with Crippen LogP contribution in [0, 0.1) is 22.6 Å². The van der Waals surface area contributed by atoms with E-state index in [-0.39, 0.29) is 5.82 Å². The van der Waals surface area contributed by atoms with Crippen molar-refractivity contribution in [3.8, 4) is 11.8 Å². The van der Waals surface area contributed by atoms with Crippen LogP contribution in [-0.4, -0.2) is 25.6 Å². The highest BCUT2D eigenvalue weighted by Gasteiger charge is 2.20. The van der Waals surface area contributed by atoms with Gasteiger partial charge in [-0.25, -0.2) is 4.39 Å². The van der Waals surface area contributed by atoms with Crippen LogP contribution in [0.5, 0.6) is 5.75 Å². The third-order valence-electron chi connectivity index (χ3n) is 2.65. The largest absolute Gasteiger partial charge is 0.496 e. The van der Waals surface area contributed by atoms with Gasteiger partial charge in [-0.1, -0.05) is 0 Å².